The minimum absolute atomic E-state index is 0.352. The van der Waals surface area contributed by atoms with E-state index in [0.717, 1.165) is 24.6 Å². The van der Waals surface area contributed by atoms with Gasteiger partial charge in [-0.25, -0.2) is 4.39 Å². The predicted octanol–water partition coefficient (Wildman–Crippen LogP) is 3.56. The highest BCUT2D eigenvalue weighted by Crippen LogP contribution is 2.28. The number of carboxylic acids is 1. The van der Waals surface area contributed by atoms with E-state index in [4.69, 9.17) is 5.11 Å². The molecule has 16 heavy (non-hydrogen) atoms. The van der Waals surface area contributed by atoms with Crippen LogP contribution in [0, 0.1) is 5.82 Å². The minimum Gasteiger partial charge on any atom is -0.480 e. The van der Waals surface area contributed by atoms with Gasteiger partial charge in [0.2, 0.25) is 0 Å². The number of aliphatic carboxylic acids is 1. The van der Waals surface area contributed by atoms with E-state index >= 15 is 0 Å². The summed E-state index contributed by atoms with van der Waals surface area (Å²) in [5, 5.41) is 8.45. The Balaban J connectivity index is 2.68. The Morgan fingerprint density at radius 2 is 2.19 bits per heavy atom. The summed E-state index contributed by atoms with van der Waals surface area (Å²) < 4.78 is 13.3. The minimum atomic E-state index is -0.873. The molecule has 0 heterocycles. The van der Waals surface area contributed by atoms with E-state index in [9.17, 15) is 9.18 Å². The number of carbonyl (C=O) groups is 1. The third kappa shape index (κ3) is 3.85. The molecule has 1 aromatic rings. The van der Waals surface area contributed by atoms with Crippen molar-refractivity contribution in [1.82, 2.24) is 0 Å². The lowest BCUT2D eigenvalue weighted by molar-refractivity contribution is -0.136. The Morgan fingerprint density at radius 1 is 1.50 bits per heavy atom. The maximum absolute atomic E-state index is 13.3. The van der Waals surface area contributed by atoms with Crippen molar-refractivity contribution in [2.24, 2.45) is 0 Å². The van der Waals surface area contributed by atoms with E-state index < -0.39 is 11.2 Å². The molecule has 0 aliphatic carbocycles. The summed E-state index contributed by atoms with van der Waals surface area (Å²) in [6.07, 6.45) is 2.37. The fraction of sp³-hybridized carbons (Fsp3) is 0.417. The highest BCUT2D eigenvalue weighted by Gasteiger charge is 2.19. The third-order valence-corrected chi connectivity index (χ3v) is 3.51. The molecule has 0 aromatic heterocycles. The number of rotatable bonds is 6. The molecule has 0 fully saturated rings. The molecule has 0 bridgehead atoms. The molecule has 1 rings (SSSR count). The molecule has 0 saturated heterocycles. The van der Waals surface area contributed by atoms with Crippen LogP contribution in [0.1, 0.15) is 26.2 Å². The first-order valence-corrected chi connectivity index (χ1v) is 6.17. The summed E-state index contributed by atoms with van der Waals surface area (Å²) >= 11 is 1.09. The molecule has 2 nitrogen and oxygen atoms in total. The fourth-order valence-corrected chi connectivity index (χ4v) is 2.35. The van der Waals surface area contributed by atoms with Crippen LogP contribution in [-0.4, -0.2) is 16.3 Å². The molecule has 1 aromatic carbocycles. The summed E-state index contributed by atoms with van der Waals surface area (Å²) in [7, 11) is 0. The van der Waals surface area contributed by atoms with Gasteiger partial charge in [0.15, 0.2) is 0 Å². The van der Waals surface area contributed by atoms with Crippen LogP contribution in [0.4, 0.5) is 4.39 Å². The molecule has 4 heteroatoms. The average Bonchev–Trinajstić information content (AvgIpc) is 2.26. The smallest absolute Gasteiger partial charge is 0.316 e. The number of hydrogen-bond donors (Lipinski definition) is 1. The van der Waals surface area contributed by atoms with Crippen molar-refractivity contribution in [3.63, 3.8) is 0 Å². The van der Waals surface area contributed by atoms with Crippen molar-refractivity contribution in [2.75, 3.05) is 0 Å². The molecule has 88 valence electrons. The first kappa shape index (κ1) is 13.0. The third-order valence-electron chi connectivity index (χ3n) is 2.20. The maximum atomic E-state index is 13.3. The van der Waals surface area contributed by atoms with Gasteiger partial charge in [-0.05, 0) is 18.6 Å². The molecule has 0 radical (unpaired) electrons. The first-order chi connectivity index (χ1) is 7.65. The Kier molecular flexibility index (Phi) is 5.32. The topological polar surface area (TPSA) is 37.3 Å². The molecule has 1 unspecified atom stereocenters. The summed E-state index contributed by atoms with van der Waals surface area (Å²) in [5.74, 6) is -1.23. The molecular formula is C12H15FO2S. The fourth-order valence-electron chi connectivity index (χ4n) is 1.32. The van der Waals surface area contributed by atoms with Crippen molar-refractivity contribution in [1.29, 1.82) is 0 Å². The van der Waals surface area contributed by atoms with Crippen LogP contribution in [0.15, 0.2) is 29.2 Å². The van der Waals surface area contributed by atoms with Crippen LogP contribution in [-0.2, 0) is 4.79 Å². The van der Waals surface area contributed by atoms with Crippen LogP contribution in [0.2, 0.25) is 0 Å². The molecule has 0 amide bonds. The van der Waals surface area contributed by atoms with Crippen molar-refractivity contribution in [3.05, 3.63) is 30.1 Å². The molecule has 0 saturated carbocycles. The quantitative estimate of drug-likeness (QED) is 0.775. The maximum Gasteiger partial charge on any atom is 0.316 e. The predicted molar refractivity (Wildman–Crippen MR) is 63.2 cm³/mol. The van der Waals surface area contributed by atoms with Crippen LogP contribution >= 0.6 is 11.8 Å². The largest absolute Gasteiger partial charge is 0.480 e. The van der Waals surface area contributed by atoms with Gasteiger partial charge in [0.05, 0.1) is 0 Å². The van der Waals surface area contributed by atoms with E-state index in [1.165, 1.54) is 6.07 Å². The normalized spacial score (nSPS) is 12.4. The van der Waals surface area contributed by atoms with E-state index in [-0.39, 0.29) is 5.82 Å². The van der Waals surface area contributed by atoms with E-state index in [0.29, 0.717) is 11.3 Å². The zero-order valence-electron chi connectivity index (χ0n) is 9.15. The van der Waals surface area contributed by atoms with Crippen molar-refractivity contribution >= 4 is 17.7 Å². The number of unbranched alkanes of at least 4 members (excludes halogenated alkanes) is 1. The van der Waals surface area contributed by atoms with Gasteiger partial charge in [-0.2, -0.15) is 0 Å². The zero-order valence-corrected chi connectivity index (χ0v) is 9.97. The number of carboxylic acid groups (broad SMARTS) is 1. The molecule has 0 aliphatic rings. The second-order valence-corrected chi connectivity index (χ2v) is 4.76. The number of halogens is 1. The number of hydrogen-bond acceptors (Lipinski definition) is 2. The number of thioether (sulfide) groups is 1. The Labute approximate surface area is 98.9 Å². The Morgan fingerprint density at radius 3 is 2.75 bits per heavy atom. The van der Waals surface area contributed by atoms with Gasteiger partial charge in [0, 0.05) is 4.90 Å². The van der Waals surface area contributed by atoms with Crippen molar-refractivity contribution in [3.8, 4) is 0 Å². The Hall–Kier alpha value is -1.03. The van der Waals surface area contributed by atoms with Gasteiger partial charge >= 0.3 is 5.97 Å². The summed E-state index contributed by atoms with van der Waals surface area (Å²) in [5.41, 5.74) is 0. The monoisotopic (exact) mass is 242 g/mol. The van der Waals surface area contributed by atoms with Crippen LogP contribution in [0.25, 0.3) is 0 Å². The van der Waals surface area contributed by atoms with E-state index in [1.807, 2.05) is 6.92 Å². The average molecular weight is 242 g/mol. The second-order valence-electron chi connectivity index (χ2n) is 3.52. The lowest BCUT2D eigenvalue weighted by atomic mass is 10.2. The summed E-state index contributed by atoms with van der Waals surface area (Å²) in [4.78, 5) is 11.4. The highest BCUT2D eigenvalue weighted by atomic mass is 32.2. The van der Waals surface area contributed by atoms with Crippen LogP contribution in [0.3, 0.4) is 0 Å². The molecule has 1 atom stereocenters. The van der Waals surface area contributed by atoms with Crippen molar-refractivity contribution in [2.45, 2.75) is 36.3 Å². The number of benzene rings is 1. The molecule has 0 aliphatic heterocycles. The van der Waals surface area contributed by atoms with Gasteiger partial charge in [-0.1, -0.05) is 31.9 Å². The van der Waals surface area contributed by atoms with E-state index in [2.05, 4.69) is 0 Å². The van der Waals surface area contributed by atoms with Gasteiger partial charge in [-0.15, -0.1) is 11.8 Å². The summed E-state index contributed by atoms with van der Waals surface area (Å²) in [6, 6.07) is 6.27. The Bertz CT molecular complexity index is 355. The standard InChI is InChI=1S/C12H15FO2S/c1-2-3-7-11(12(14)15)16-10-8-5-4-6-9(10)13/h4-6,8,11H,2-3,7H2,1H3,(H,14,15). The molecule has 1 N–H and O–H groups in total. The van der Waals surface area contributed by atoms with Crippen LogP contribution in [0.5, 0.6) is 0 Å². The van der Waals surface area contributed by atoms with Crippen LogP contribution < -0.4 is 0 Å². The molecular weight excluding hydrogens is 227 g/mol. The van der Waals surface area contributed by atoms with E-state index in [1.54, 1.807) is 18.2 Å². The summed E-state index contributed by atoms with van der Waals surface area (Å²) in [6.45, 7) is 2.01. The lowest BCUT2D eigenvalue weighted by Crippen LogP contribution is -2.16. The van der Waals surface area contributed by atoms with Gasteiger partial charge in [0.25, 0.3) is 0 Å². The van der Waals surface area contributed by atoms with Gasteiger partial charge in [0.1, 0.15) is 11.1 Å². The highest BCUT2D eigenvalue weighted by molar-refractivity contribution is 8.00. The zero-order chi connectivity index (χ0) is 12.0. The molecule has 0 spiro atoms. The second kappa shape index (κ2) is 6.53. The first-order valence-electron chi connectivity index (χ1n) is 5.29. The van der Waals surface area contributed by atoms with Crippen molar-refractivity contribution < 1.29 is 14.3 Å². The van der Waals surface area contributed by atoms with Gasteiger partial charge in [-0.3, -0.25) is 4.79 Å². The lowest BCUT2D eigenvalue weighted by Gasteiger charge is -2.11. The SMILES string of the molecule is CCCCC(Sc1ccccc1F)C(=O)O. The van der Waals surface area contributed by atoms with Gasteiger partial charge < -0.3 is 5.11 Å².